The Kier molecular flexibility index (Phi) is 5.36. The van der Waals surface area contributed by atoms with E-state index in [1.807, 2.05) is 44.2 Å². The van der Waals surface area contributed by atoms with Gasteiger partial charge >= 0.3 is 0 Å². The smallest absolute Gasteiger partial charge is 0.275 e. The summed E-state index contributed by atoms with van der Waals surface area (Å²) in [7, 11) is 0. The van der Waals surface area contributed by atoms with Crippen molar-refractivity contribution in [2.75, 3.05) is 36.5 Å². The van der Waals surface area contributed by atoms with Gasteiger partial charge in [0.25, 0.3) is 5.91 Å². The maximum atomic E-state index is 12.7. The molecule has 1 fully saturated rings. The number of carbonyl (C=O) groups excluding carboxylic acids is 1. The molecule has 4 rings (SSSR count). The molecule has 1 saturated heterocycles. The van der Waals surface area contributed by atoms with Gasteiger partial charge in [-0.05, 0) is 37.1 Å². The van der Waals surface area contributed by atoms with Crippen LogP contribution in [0.25, 0.3) is 10.6 Å². The fourth-order valence-corrected chi connectivity index (χ4v) is 4.01. The molecular formula is C21H22N4O2S. The van der Waals surface area contributed by atoms with Gasteiger partial charge in [0.2, 0.25) is 0 Å². The number of aromatic nitrogens is 2. The number of para-hydroxylation sites is 1. The third-order valence-electron chi connectivity index (χ3n) is 4.78. The lowest BCUT2D eigenvalue weighted by Crippen LogP contribution is -2.36. The number of rotatable bonds is 4. The van der Waals surface area contributed by atoms with Crippen LogP contribution in [0, 0.1) is 13.8 Å². The molecular weight excluding hydrogens is 372 g/mol. The van der Waals surface area contributed by atoms with Crippen molar-refractivity contribution in [2.45, 2.75) is 13.8 Å². The van der Waals surface area contributed by atoms with Gasteiger partial charge in [-0.2, -0.15) is 0 Å². The van der Waals surface area contributed by atoms with Gasteiger partial charge in [0.15, 0.2) is 0 Å². The van der Waals surface area contributed by atoms with Crippen LogP contribution in [0.3, 0.4) is 0 Å². The molecule has 1 N–H and O–H groups in total. The van der Waals surface area contributed by atoms with Crippen molar-refractivity contribution >= 4 is 28.7 Å². The molecule has 0 spiro atoms. The Balaban J connectivity index is 1.53. The minimum absolute atomic E-state index is 0.192. The number of amides is 1. The number of morpholine rings is 1. The number of aryl methyl sites for hydroxylation is 2. The first-order valence-corrected chi connectivity index (χ1v) is 10.1. The molecule has 144 valence electrons. The number of anilines is 2. The van der Waals surface area contributed by atoms with E-state index in [4.69, 9.17) is 4.74 Å². The maximum Gasteiger partial charge on any atom is 0.275 e. The van der Waals surface area contributed by atoms with E-state index in [9.17, 15) is 4.79 Å². The van der Waals surface area contributed by atoms with E-state index < -0.39 is 0 Å². The Morgan fingerprint density at radius 3 is 2.68 bits per heavy atom. The lowest BCUT2D eigenvalue weighted by molar-refractivity contribution is 0.102. The van der Waals surface area contributed by atoms with Gasteiger partial charge in [0.1, 0.15) is 16.5 Å². The van der Waals surface area contributed by atoms with E-state index in [2.05, 4.69) is 20.2 Å². The zero-order valence-corrected chi connectivity index (χ0v) is 16.8. The number of nitrogens with zero attached hydrogens (tertiary/aromatic N) is 3. The first-order chi connectivity index (χ1) is 13.6. The van der Waals surface area contributed by atoms with Crippen LogP contribution < -0.4 is 10.2 Å². The zero-order valence-electron chi connectivity index (χ0n) is 15.9. The molecule has 1 amide bonds. The predicted octanol–water partition coefficient (Wildman–Crippen LogP) is 3.91. The van der Waals surface area contributed by atoms with Gasteiger partial charge in [0, 0.05) is 35.9 Å². The number of hydrogen-bond acceptors (Lipinski definition) is 6. The second-order valence-electron chi connectivity index (χ2n) is 6.76. The van der Waals surface area contributed by atoms with Crippen LogP contribution in [-0.4, -0.2) is 42.2 Å². The monoisotopic (exact) mass is 394 g/mol. The molecule has 28 heavy (non-hydrogen) atoms. The van der Waals surface area contributed by atoms with E-state index >= 15 is 0 Å². The minimum Gasteiger partial charge on any atom is -0.378 e. The van der Waals surface area contributed by atoms with E-state index in [-0.39, 0.29) is 5.91 Å². The van der Waals surface area contributed by atoms with Crippen molar-refractivity contribution in [3.63, 3.8) is 0 Å². The summed E-state index contributed by atoms with van der Waals surface area (Å²) in [5, 5.41) is 5.60. The second-order valence-corrected chi connectivity index (χ2v) is 7.62. The molecule has 0 unspecified atom stereocenters. The summed E-state index contributed by atoms with van der Waals surface area (Å²) in [5.41, 5.74) is 4.31. The fraction of sp³-hybridized carbons (Fsp3) is 0.286. The van der Waals surface area contributed by atoms with E-state index in [1.54, 1.807) is 11.6 Å². The number of benzene rings is 1. The van der Waals surface area contributed by atoms with E-state index in [1.165, 1.54) is 11.3 Å². The molecule has 2 aromatic heterocycles. The number of ether oxygens (including phenoxy) is 1. The van der Waals surface area contributed by atoms with Crippen LogP contribution in [0.15, 0.2) is 41.9 Å². The van der Waals surface area contributed by atoms with Crippen LogP contribution in [0.4, 0.5) is 11.5 Å². The number of nitrogens with one attached hydrogen (secondary N) is 1. The highest BCUT2D eigenvalue weighted by Crippen LogP contribution is 2.27. The lowest BCUT2D eigenvalue weighted by atomic mass is 10.1. The predicted molar refractivity (Wildman–Crippen MR) is 112 cm³/mol. The van der Waals surface area contributed by atoms with Gasteiger partial charge in [-0.3, -0.25) is 4.79 Å². The van der Waals surface area contributed by atoms with Crippen LogP contribution in [0.5, 0.6) is 0 Å². The highest BCUT2D eigenvalue weighted by atomic mass is 32.1. The van der Waals surface area contributed by atoms with Crippen molar-refractivity contribution in [2.24, 2.45) is 0 Å². The van der Waals surface area contributed by atoms with Crippen molar-refractivity contribution in [3.8, 4) is 10.6 Å². The molecule has 0 bridgehead atoms. The SMILES string of the molecule is Cc1cccc(C)c1NC(=O)c1csc(-c2ccnc(N3CCOCC3)c2)n1. The Morgan fingerprint density at radius 2 is 1.93 bits per heavy atom. The Hall–Kier alpha value is -2.77. The average molecular weight is 395 g/mol. The highest BCUT2D eigenvalue weighted by molar-refractivity contribution is 7.13. The van der Waals surface area contributed by atoms with Crippen LogP contribution in [0.1, 0.15) is 21.6 Å². The normalized spacial score (nSPS) is 14.1. The van der Waals surface area contributed by atoms with Crippen molar-refractivity contribution in [3.05, 3.63) is 58.7 Å². The zero-order chi connectivity index (χ0) is 19.5. The molecule has 1 aromatic carbocycles. The molecule has 0 atom stereocenters. The molecule has 7 heteroatoms. The molecule has 3 heterocycles. The summed E-state index contributed by atoms with van der Waals surface area (Å²) in [6, 6.07) is 9.91. The summed E-state index contributed by atoms with van der Waals surface area (Å²) >= 11 is 1.46. The van der Waals surface area contributed by atoms with Gasteiger partial charge in [0.05, 0.1) is 13.2 Å². The quantitative estimate of drug-likeness (QED) is 0.727. The summed E-state index contributed by atoms with van der Waals surface area (Å²) in [4.78, 5) is 23.9. The molecule has 1 aliphatic rings. The van der Waals surface area contributed by atoms with Crippen molar-refractivity contribution < 1.29 is 9.53 Å². The topological polar surface area (TPSA) is 67.4 Å². The standard InChI is InChI=1S/C21H22N4O2S/c1-14-4-3-5-15(2)19(14)24-20(26)17-13-28-21(23-17)16-6-7-22-18(12-16)25-8-10-27-11-9-25/h3-7,12-13H,8-11H2,1-2H3,(H,24,26). The third-order valence-corrected chi connectivity index (χ3v) is 5.68. The van der Waals surface area contributed by atoms with Crippen LogP contribution >= 0.6 is 11.3 Å². The third kappa shape index (κ3) is 3.90. The van der Waals surface area contributed by atoms with Gasteiger partial charge in [-0.25, -0.2) is 9.97 Å². The first kappa shape index (κ1) is 18.6. The number of thiazole rings is 1. The molecule has 3 aromatic rings. The van der Waals surface area contributed by atoms with E-state index in [0.717, 1.165) is 46.3 Å². The second kappa shape index (κ2) is 8.08. The Bertz CT molecular complexity index is 975. The first-order valence-electron chi connectivity index (χ1n) is 9.24. The Labute approximate surface area is 168 Å². The fourth-order valence-electron chi connectivity index (χ4n) is 3.22. The van der Waals surface area contributed by atoms with Gasteiger partial charge in [-0.15, -0.1) is 11.3 Å². The number of pyridine rings is 1. The highest BCUT2D eigenvalue weighted by Gasteiger charge is 2.16. The van der Waals surface area contributed by atoms with Crippen LogP contribution in [0.2, 0.25) is 0 Å². The van der Waals surface area contributed by atoms with Crippen molar-refractivity contribution in [1.29, 1.82) is 0 Å². The molecule has 0 radical (unpaired) electrons. The summed E-state index contributed by atoms with van der Waals surface area (Å²) in [6.45, 7) is 7.06. The molecule has 0 saturated carbocycles. The average Bonchev–Trinajstić information content (AvgIpc) is 3.22. The maximum absolute atomic E-state index is 12.7. The molecule has 0 aliphatic carbocycles. The summed E-state index contributed by atoms with van der Waals surface area (Å²) in [5.74, 6) is 0.722. The van der Waals surface area contributed by atoms with Gasteiger partial charge < -0.3 is 15.0 Å². The van der Waals surface area contributed by atoms with Crippen LogP contribution in [-0.2, 0) is 4.74 Å². The minimum atomic E-state index is -0.192. The largest absolute Gasteiger partial charge is 0.378 e. The van der Waals surface area contributed by atoms with Gasteiger partial charge in [-0.1, -0.05) is 18.2 Å². The van der Waals surface area contributed by atoms with Crippen molar-refractivity contribution in [1.82, 2.24) is 9.97 Å². The number of carbonyl (C=O) groups is 1. The van der Waals surface area contributed by atoms with E-state index in [0.29, 0.717) is 18.9 Å². The Morgan fingerprint density at radius 1 is 1.18 bits per heavy atom. The summed E-state index contributed by atoms with van der Waals surface area (Å²) < 4.78 is 5.41. The number of hydrogen-bond donors (Lipinski definition) is 1. The summed E-state index contributed by atoms with van der Waals surface area (Å²) in [6.07, 6.45) is 1.79. The molecule has 1 aliphatic heterocycles. The molecule has 6 nitrogen and oxygen atoms in total. The lowest BCUT2D eigenvalue weighted by Gasteiger charge is -2.27.